The van der Waals surface area contributed by atoms with Gasteiger partial charge in [0.2, 0.25) is 0 Å². The SMILES string of the molecule is CN(C)CC(C)(O)CNCCC(N)=NO. The number of aliphatic hydroxyl groups is 1. The molecule has 0 fully saturated rings. The molecule has 0 amide bonds. The Morgan fingerprint density at radius 3 is 2.60 bits per heavy atom. The molecule has 0 aliphatic carbocycles. The summed E-state index contributed by atoms with van der Waals surface area (Å²) in [5.41, 5.74) is 4.52. The van der Waals surface area contributed by atoms with E-state index in [1.165, 1.54) is 0 Å². The molecule has 0 aliphatic rings. The van der Waals surface area contributed by atoms with Gasteiger partial charge < -0.3 is 26.3 Å². The lowest BCUT2D eigenvalue weighted by Crippen LogP contribution is -2.46. The standard InChI is InChI=1S/C9H22N4O2/c1-9(14,7-13(2)3)6-11-5-4-8(10)12-15/h11,14-15H,4-7H2,1-3H3,(H2,10,12). The predicted molar refractivity (Wildman–Crippen MR) is 60.1 cm³/mol. The third-order valence-corrected chi connectivity index (χ3v) is 1.85. The van der Waals surface area contributed by atoms with Gasteiger partial charge in [0.15, 0.2) is 0 Å². The van der Waals surface area contributed by atoms with Crippen molar-refractivity contribution in [2.24, 2.45) is 10.9 Å². The summed E-state index contributed by atoms with van der Waals surface area (Å²) in [5, 5.41) is 24.1. The van der Waals surface area contributed by atoms with Gasteiger partial charge in [-0.1, -0.05) is 5.16 Å². The third-order valence-electron chi connectivity index (χ3n) is 1.85. The van der Waals surface area contributed by atoms with Crippen LogP contribution in [0, 0.1) is 0 Å². The van der Waals surface area contributed by atoms with E-state index in [0.29, 0.717) is 26.1 Å². The van der Waals surface area contributed by atoms with Gasteiger partial charge in [-0.3, -0.25) is 0 Å². The number of hydrogen-bond donors (Lipinski definition) is 4. The number of rotatable bonds is 7. The molecule has 0 spiro atoms. The molecule has 0 saturated heterocycles. The number of oxime groups is 1. The van der Waals surface area contributed by atoms with Crippen LogP contribution in [0.3, 0.4) is 0 Å². The molecular weight excluding hydrogens is 196 g/mol. The van der Waals surface area contributed by atoms with Crippen LogP contribution >= 0.6 is 0 Å². The van der Waals surface area contributed by atoms with Gasteiger partial charge >= 0.3 is 0 Å². The second-order valence-corrected chi connectivity index (χ2v) is 4.25. The highest BCUT2D eigenvalue weighted by Gasteiger charge is 2.20. The van der Waals surface area contributed by atoms with Crippen molar-refractivity contribution in [3.8, 4) is 0 Å². The van der Waals surface area contributed by atoms with Crippen LogP contribution in [-0.4, -0.2) is 60.4 Å². The summed E-state index contributed by atoms with van der Waals surface area (Å²) >= 11 is 0. The van der Waals surface area contributed by atoms with Crippen molar-refractivity contribution in [1.29, 1.82) is 0 Å². The average Bonchev–Trinajstić information content (AvgIpc) is 2.10. The van der Waals surface area contributed by atoms with Crippen molar-refractivity contribution in [3.05, 3.63) is 0 Å². The average molecular weight is 218 g/mol. The zero-order chi connectivity index (χ0) is 11.9. The van der Waals surface area contributed by atoms with E-state index in [9.17, 15) is 5.11 Å². The maximum atomic E-state index is 9.89. The van der Waals surface area contributed by atoms with Gasteiger partial charge in [0, 0.05) is 26.1 Å². The highest BCUT2D eigenvalue weighted by molar-refractivity contribution is 5.79. The van der Waals surface area contributed by atoms with E-state index in [2.05, 4.69) is 10.5 Å². The Morgan fingerprint density at radius 2 is 2.13 bits per heavy atom. The summed E-state index contributed by atoms with van der Waals surface area (Å²) in [4.78, 5) is 1.92. The van der Waals surface area contributed by atoms with E-state index in [0.717, 1.165) is 0 Å². The number of nitrogens with zero attached hydrogens (tertiary/aromatic N) is 2. The van der Waals surface area contributed by atoms with Gasteiger partial charge in [0.25, 0.3) is 0 Å². The molecular formula is C9H22N4O2. The fourth-order valence-corrected chi connectivity index (χ4v) is 1.36. The maximum absolute atomic E-state index is 9.89. The number of nitrogens with one attached hydrogen (secondary N) is 1. The predicted octanol–water partition coefficient (Wildman–Crippen LogP) is -0.975. The zero-order valence-corrected chi connectivity index (χ0v) is 9.69. The van der Waals surface area contributed by atoms with E-state index >= 15 is 0 Å². The Morgan fingerprint density at radius 1 is 1.53 bits per heavy atom. The molecule has 0 radical (unpaired) electrons. The lowest BCUT2D eigenvalue weighted by Gasteiger charge is -2.27. The van der Waals surface area contributed by atoms with Crippen molar-refractivity contribution in [3.63, 3.8) is 0 Å². The van der Waals surface area contributed by atoms with Crippen molar-refractivity contribution >= 4 is 5.84 Å². The summed E-state index contributed by atoms with van der Waals surface area (Å²) in [6.45, 7) is 3.41. The Kier molecular flexibility index (Phi) is 6.23. The second-order valence-electron chi connectivity index (χ2n) is 4.25. The summed E-state index contributed by atoms with van der Waals surface area (Å²) in [5.74, 6) is 0.190. The maximum Gasteiger partial charge on any atom is 0.140 e. The van der Waals surface area contributed by atoms with Crippen LogP contribution in [-0.2, 0) is 0 Å². The Balaban J connectivity index is 3.66. The largest absolute Gasteiger partial charge is 0.409 e. The van der Waals surface area contributed by atoms with Gasteiger partial charge in [-0.25, -0.2) is 0 Å². The minimum atomic E-state index is -0.769. The van der Waals surface area contributed by atoms with Crippen LogP contribution in [0.15, 0.2) is 5.16 Å². The van der Waals surface area contributed by atoms with Gasteiger partial charge in [-0.05, 0) is 21.0 Å². The molecule has 90 valence electrons. The topological polar surface area (TPSA) is 94.1 Å². The van der Waals surface area contributed by atoms with Gasteiger partial charge in [0.05, 0.1) is 5.60 Å². The lowest BCUT2D eigenvalue weighted by molar-refractivity contribution is 0.0342. The van der Waals surface area contributed by atoms with E-state index in [1.807, 2.05) is 19.0 Å². The monoisotopic (exact) mass is 218 g/mol. The molecule has 0 aromatic rings. The van der Waals surface area contributed by atoms with Gasteiger partial charge in [-0.15, -0.1) is 0 Å². The summed E-state index contributed by atoms with van der Waals surface area (Å²) < 4.78 is 0. The molecule has 1 atom stereocenters. The van der Waals surface area contributed by atoms with Crippen LogP contribution in [0.25, 0.3) is 0 Å². The van der Waals surface area contributed by atoms with Crippen molar-refractivity contribution < 1.29 is 10.3 Å². The highest BCUT2D eigenvalue weighted by atomic mass is 16.4. The van der Waals surface area contributed by atoms with E-state index in [1.54, 1.807) is 6.92 Å². The Labute approximate surface area is 90.7 Å². The Hall–Kier alpha value is -0.850. The first-order valence-electron chi connectivity index (χ1n) is 4.91. The molecule has 0 aliphatic heterocycles. The zero-order valence-electron chi connectivity index (χ0n) is 9.69. The molecule has 0 heterocycles. The highest BCUT2D eigenvalue weighted by Crippen LogP contribution is 2.02. The first kappa shape index (κ1) is 14.2. The molecule has 1 unspecified atom stereocenters. The van der Waals surface area contributed by atoms with Crippen LogP contribution in [0.1, 0.15) is 13.3 Å². The fraction of sp³-hybridized carbons (Fsp3) is 0.889. The van der Waals surface area contributed by atoms with Crippen LogP contribution in [0.2, 0.25) is 0 Å². The first-order valence-corrected chi connectivity index (χ1v) is 4.91. The van der Waals surface area contributed by atoms with Gasteiger partial charge in [0.1, 0.15) is 5.84 Å². The number of likely N-dealkylation sites (N-methyl/N-ethyl adjacent to an activating group) is 1. The molecule has 15 heavy (non-hydrogen) atoms. The minimum absolute atomic E-state index is 0.190. The molecule has 0 aromatic carbocycles. The van der Waals surface area contributed by atoms with Crippen molar-refractivity contribution in [2.75, 3.05) is 33.7 Å². The molecule has 6 nitrogen and oxygen atoms in total. The number of nitrogens with two attached hydrogens (primary N) is 1. The second kappa shape index (κ2) is 6.60. The van der Waals surface area contributed by atoms with Gasteiger partial charge in [-0.2, -0.15) is 0 Å². The summed E-state index contributed by atoms with van der Waals surface area (Å²) in [6.07, 6.45) is 0.467. The fourth-order valence-electron chi connectivity index (χ4n) is 1.36. The molecule has 0 saturated carbocycles. The van der Waals surface area contributed by atoms with Crippen LogP contribution in [0.5, 0.6) is 0 Å². The van der Waals surface area contributed by atoms with Crippen LogP contribution < -0.4 is 11.1 Å². The quantitative estimate of drug-likeness (QED) is 0.145. The van der Waals surface area contributed by atoms with E-state index in [-0.39, 0.29) is 5.84 Å². The molecule has 0 aromatic heterocycles. The summed E-state index contributed by atoms with van der Waals surface area (Å²) in [7, 11) is 3.82. The van der Waals surface area contributed by atoms with Crippen molar-refractivity contribution in [2.45, 2.75) is 18.9 Å². The Bertz CT molecular complexity index is 204. The molecule has 5 N–H and O–H groups in total. The molecule has 0 rings (SSSR count). The smallest absolute Gasteiger partial charge is 0.140 e. The summed E-state index contributed by atoms with van der Waals surface area (Å²) in [6, 6.07) is 0. The normalized spacial score (nSPS) is 16.7. The van der Waals surface area contributed by atoms with E-state index in [4.69, 9.17) is 10.9 Å². The molecule has 0 bridgehead atoms. The van der Waals surface area contributed by atoms with E-state index < -0.39 is 5.60 Å². The third kappa shape index (κ3) is 8.17. The van der Waals surface area contributed by atoms with Crippen LogP contribution in [0.4, 0.5) is 0 Å². The number of amidine groups is 1. The lowest BCUT2D eigenvalue weighted by atomic mass is 10.1. The minimum Gasteiger partial charge on any atom is -0.409 e. The van der Waals surface area contributed by atoms with Crippen molar-refractivity contribution in [1.82, 2.24) is 10.2 Å². The molecule has 6 heteroatoms. The number of hydrogen-bond acceptors (Lipinski definition) is 5. The first-order chi connectivity index (χ1) is 6.87.